The summed E-state index contributed by atoms with van der Waals surface area (Å²) in [6.07, 6.45) is 4.00. The lowest BCUT2D eigenvalue weighted by atomic mass is 10.3. The summed E-state index contributed by atoms with van der Waals surface area (Å²) < 4.78 is 0. The zero-order valence-electron chi connectivity index (χ0n) is 8.80. The van der Waals surface area contributed by atoms with E-state index < -0.39 is 0 Å². The van der Waals surface area contributed by atoms with E-state index in [1.165, 1.54) is 18.3 Å². The van der Waals surface area contributed by atoms with Gasteiger partial charge in [-0.25, -0.2) is 9.88 Å². The molecule has 2 amide bonds. The Morgan fingerprint density at radius 2 is 1.94 bits per heavy atom. The van der Waals surface area contributed by atoms with Crippen molar-refractivity contribution >= 4 is 23.3 Å². The zero-order valence-corrected chi connectivity index (χ0v) is 8.80. The highest BCUT2D eigenvalue weighted by Crippen LogP contribution is 2.18. The second-order valence-electron chi connectivity index (χ2n) is 3.28. The molecule has 2 heterocycles. The second-order valence-corrected chi connectivity index (χ2v) is 3.28. The van der Waals surface area contributed by atoms with Gasteiger partial charge < -0.3 is 5.32 Å². The van der Waals surface area contributed by atoms with Gasteiger partial charge in [0.2, 0.25) is 0 Å². The van der Waals surface area contributed by atoms with E-state index in [-0.39, 0.29) is 11.8 Å². The van der Waals surface area contributed by atoms with Crippen LogP contribution in [0.3, 0.4) is 0 Å². The van der Waals surface area contributed by atoms with E-state index in [0.29, 0.717) is 5.69 Å². The molecule has 0 atom stereocenters. The molecule has 0 unspecified atom stereocenters. The first-order chi connectivity index (χ1) is 7.72. The van der Waals surface area contributed by atoms with Crippen molar-refractivity contribution in [3.8, 4) is 0 Å². The normalized spacial score (nSPS) is 14.7. The van der Waals surface area contributed by atoms with Crippen LogP contribution in [0.1, 0.15) is 6.92 Å². The van der Waals surface area contributed by atoms with Crippen LogP contribution in [-0.2, 0) is 9.59 Å². The van der Waals surface area contributed by atoms with E-state index in [0.717, 1.165) is 17.3 Å². The molecule has 5 nitrogen and oxygen atoms in total. The van der Waals surface area contributed by atoms with Gasteiger partial charge in [0.05, 0.1) is 11.9 Å². The van der Waals surface area contributed by atoms with E-state index in [2.05, 4.69) is 10.3 Å². The third-order valence-corrected chi connectivity index (χ3v) is 2.17. The predicted molar refractivity (Wildman–Crippen MR) is 60.0 cm³/mol. The molecule has 1 aromatic heterocycles. The van der Waals surface area contributed by atoms with E-state index in [4.69, 9.17) is 0 Å². The van der Waals surface area contributed by atoms with Gasteiger partial charge >= 0.3 is 0 Å². The van der Waals surface area contributed by atoms with Gasteiger partial charge in [-0.2, -0.15) is 0 Å². The Hall–Kier alpha value is -2.17. The standard InChI is InChI=1S/C11H11N3O2/c1-2-12-9-4-3-8(7-13-9)14-10(15)5-6-11(14)16/h3-7H,2H2,1H3,(H,12,13). The van der Waals surface area contributed by atoms with Crippen molar-refractivity contribution < 1.29 is 9.59 Å². The summed E-state index contributed by atoms with van der Waals surface area (Å²) in [5.41, 5.74) is 0.488. The molecule has 0 radical (unpaired) electrons. The molecule has 0 saturated heterocycles. The molecule has 0 aromatic carbocycles. The maximum Gasteiger partial charge on any atom is 0.258 e. The fourth-order valence-corrected chi connectivity index (χ4v) is 1.46. The summed E-state index contributed by atoms with van der Waals surface area (Å²) in [4.78, 5) is 27.9. The number of pyridine rings is 1. The summed E-state index contributed by atoms with van der Waals surface area (Å²) in [5.74, 6) is 0.0595. The molecule has 0 saturated carbocycles. The molecule has 0 bridgehead atoms. The van der Waals surface area contributed by atoms with E-state index in [9.17, 15) is 9.59 Å². The average molecular weight is 217 g/mol. The lowest BCUT2D eigenvalue weighted by Gasteiger charge is -2.13. The number of aromatic nitrogens is 1. The van der Waals surface area contributed by atoms with Crippen LogP contribution in [0.5, 0.6) is 0 Å². The molecule has 0 fully saturated rings. The number of rotatable bonds is 3. The number of carbonyl (C=O) groups is 2. The maximum atomic E-state index is 11.4. The van der Waals surface area contributed by atoms with Gasteiger partial charge in [0.1, 0.15) is 5.82 Å². The predicted octanol–water partition coefficient (Wildman–Crippen LogP) is 0.943. The van der Waals surface area contributed by atoms with Gasteiger partial charge in [-0.05, 0) is 19.1 Å². The van der Waals surface area contributed by atoms with E-state index >= 15 is 0 Å². The molecular weight excluding hydrogens is 206 g/mol. The van der Waals surface area contributed by atoms with Crippen LogP contribution in [0.2, 0.25) is 0 Å². The first-order valence-corrected chi connectivity index (χ1v) is 4.98. The fourth-order valence-electron chi connectivity index (χ4n) is 1.46. The Morgan fingerprint density at radius 3 is 2.44 bits per heavy atom. The Kier molecular flexibility index (Phi) is 2.68. The summed E-state index contributed by atoms with van der Waals surface area (Å²) in [6, 6.07) is 3.42. The lowest BCUT2D eigenvalue weighted by molar-refractivity contribution is -0.119. The van der Waals surface area contributed by atoms with Gasteiger partial charge in [0.15, 0.2) is 0 Å². The van der Waals surface area contributed by atoms with Crippen LogP contribution < -0.4 is 10.2 Å². The van der Waals surface area contributed by atoms with Gasteiger partial charge in [-0.15, -0.1) is 0 Å². The molecule has 1 N–H and O–H groups in total. The average Bonchev–Trinajstić information content (AvgIpc) is 2.61. The number of nitrogens with zero attached hydrogens (tertiary/aromatic N) is 2. The number of imide groups is 1. The second kappa shape index (κ2) is 4.14. The molecule has 0 aliphatic carbocycles. The Balaban J connectivity index is 2.22. The van der Waals surface area contributed by atoms with Gasteiger partial charge in [-0.1, -0.05) is 0 Å². The third kappa shape index (κ3) is 1.79. The zero-order chi connectivity index (χ0) is 11.5. The minimum atomic E-state index is -0.331. The van der Waals surface area contributed by atoms with Crippen molar-refractivity contribution in [1.82, 2.24) is 4.98 Å². The summed E-state index contributed by atoms with van der Waals surface area (Å²) in [6.45, 7) is 2.74. The van der Waals surface area contributed by atoms with Crippen molar-refractivity contribution in [3.63, 3.8) is 0 Å². The highest BCUT2D eigenvalue weighted by molar-refractivity contribution is 6.28. The van der Waals surface area contributed by atoms with Crippen LogP contribution >= 0.6 is 0 Å². The molecule has 1 aliphatic heterocycles. The third-order valence-electron chi connectivity index (χ3n) is 2.17. The quantitative estimate of drug-likeness (QED) is 0.765. The molecule has 5 heteroatoms. The van der Waals surface area contributed by atoms with Crippen LogP contribution in [0, 0.1) is 0 Å². The van der Waals surface area contributed by atoms with Crippen LogP contribution in [0.15, 0.2) is 30.5 Å². The number of carbonyl (C=O) groups excluding carboxylic acids is 2. The van der Waals surface area contributed by atoms with E-state index in [1.807, 2.05) is 6.92 Å². The lowest BCUT2D eigenvalue weighted by Crippen LogP contribution is -2.29. The van der Waals surface area contributed by atoms with Crippen molar-refractivity contribution in [2.45, 2.75) is 6.92 Å². The number of amides is 2. The minimum Gasteiger partial charge on any atom is -0.370 e. The minimum absolute atomic E-state index is 0.331. The molecular formula is C11H11N3O2. The largest absolute Gasteiger partial charge is 0.370 e. The summed E-state index contributed by atoms with van der Waals surface area (Å²) in [7, 11) is 0. The van der Waals surface area contributed by atoms with E-state index in [1.54, 1.807) is 12.1 Å². The monoisotopic (exact) mass is 217 g/mol. The molecule has 1 aromatic rings. The molecule has 1 aliphatic rings. The Bertz CT molecular complexity index is 433. The molecule has 2 rings (SSSR count). The topological polar surface area (TPSA) is 62.3 Å². The first-order valence-electron chi connectivity index (χ1n) is 4.98. The highest BCUT2D eigenvalue weighted by Gasteiger charge is 2.25. The molecule has 82 valence electrons. The van der Waals surface area contributed by atoms with Gasteiger partial charge in [0, 0.05) is 18.7 Å². The Labute approximate surface area is 92.8 Å². The van der Waals surface area contributed by atoms with Crippen molar-refractivity contribution in [2.75, 3.05) is 16.8 Å². The van der Waals surface area contributed by atoms with Crippen LogP contribution in [0.4, 0.5) is 11.5 Å². The molecule has 16 heavy (non-hydrogen) atoms. The fraction of sp³-hybridized carbons (Fsp3) is 0.182. The summed E-state index contributed by atoms with van der Waals surface area (Å²) >= 11 is 0. The van der Waals surface area contributed by atoms with Gasteiger partial charge in [0.25, 0.3) is 11.8 Å². The number of anilines is 2. The van der Waals surface area contributed by atoms with Crippen molar-refractivity contribution in [2.24, 2.45) is 0 Å². The maximum absolute atomic E-state index is 11.4. The SMILES string of the molecule is CCNc1ccc(N2C(=O)C=CC2=O)cn1. The number of hydrogen-bond donors (Lipinski definition) is 1. The molecule has 0 spiro atoms. The van der Waals surface area contributed by atoms with Gasteiger partial charge in [-0.3, -0.25) is 9.59 Å². The summed E-state index contributed by atoms with van der Waals surface area (Å²) in [5, 5.41) is 3.03. The number of hydrogen-bond acceptors (Lipinski definition) is 4. The van der Waals surface area contributed by atoms with Crippen LogP contribution in [-0.4, -0.2) is 23.3 Å². The van der Waals surface area contributed by atoms with Crippen LogP contribution in [0.25, 0.3) is 0 Å². The van der Waals surface area contributed by atoms with Crippen molar-refractivity contribution in [3.05, 3.63) is 30.5 Å². The smallest absolute Gasteiger partial charge is 0.258 e. The Morgan fingerprint density at radius 1 is 1.25 bits per heavy atom. The highest BCUT2D eigenvalue weighted by atomic mass is 16.2. The number of nitrogens with one attached hydrogen (secondary N) is 1. The van der Waals surface area contributed by atoms with Crippen molar-refractivity contribution in [1.29, 1.82) is 0 Å². The first kappa shape index (κ1) is 10.4.